The van der Waals surface area contributed by atoms with E-state index in [0.717, 1.165) is 53.8 Å². The van der Waals surface area contributed by atoms with E-state index in [1.54, 1.807) is 34.6 Å². The van der Waals surface area contributed by atoms with Gasteiger partial charge >= 0.3 is 12.2 Å². The second-order valence-electron chi connectivity index (χ2n) is 15.4. The molecule has 17 nitrogen and oxygen atoms in total. The average molecular weight is 792 g/mol. The second kappa shape index (κ2) is 17.0. The van der Waals surface area contributed by atoms with Gasteiger partial charge in [-0.2, -0.15) is 0 Å². The molecule has 1 aromatic carbocycles. The maximum absolute atomic E-state index is 13.6. The van der Waals surface area contributed by atoms with Crippen molar-refractivity contribution in [1.82, 2.24) is 55.3 Å². The Labute approximate surface area is 335 Å². The second-order valence-corrected chi connectivity index (χ2v) is 15.4. The molecular weight excluding hydrogens is 743 g/mol. The number of hydrogen-bond acceptors (Lipinski definition) is 11. The number of H-pyrrole nitrogens is 2. The highest BCUT2D eigenvalue weighted by molar-refractivity contribution is 5.87. The Hall–Kier alpha value is -6.39. The molecule has 0 bridgehead atoms. The van der Waals surface area contributed by atoms with Crippen LogP contribution in [0.25, 0.3) is 44.9 Å². The molecule has 0 saturated carbocycles. The number of nitrogens with zero attached hydrogens (tertiary/aromatic N) is 7. The fourth-order valence-corrected chi connectivity index (χ4v) is 7.70. The van der Waals surface area contributed by atoms with Crippen LogP contribution in [-0.2, 0) is 19.1 Å². The summed E-state index contributed by atoms with van der Waals surface area (Å²) < 4.78 is 9.50. The SMILES string of the molecule is COC(=O)NC(C(=O)N1CCCC1c1ncc(-c2ccc(-c3cnc4cc(-c5cnc(C6CCCN6C(=O)C(NC(=O)OC)C(C)C)[nH]5)cnc4n3)cc2)[nH]1)C(C)C. The molecule has 4 N–H and O–H groups in total. The molecule has 2 fully saturated rings. The first-order valence-electron chi connectivity index (χ1n) is 19.6. The van der Waals surface area contributed by atoms with Gasteiger partial charge in [0.05, 0.1) is 62.0 Å². The molecule has 304 valence electrons. The van der Waals surface area contributed by atoms with Gasteiger partial charge in [-0.15, -0.1) is 0 Å². The van der Waals surface area contributed by atoms with Gasteiger partial charge in [-0.1, -0.05) is 52.0 Å². The first-order chi connectivity index (χ1) is 27.9. The van der Waals surface area contributed by atoms with Crippen molar-refractivity contribution in [2.75, 3.05) is 27.3 Å². The number of imidazole rings is 2. The molecule has 2 aliphatic rings. The lowest BCUT2D eigenvalue weighted by Gasteiger charge is -2.30. The number of pyridine rings is 1. The van der Waals surface area contributed by atoms with E-state index in [2.05, 4.69) is 40.5 Å². The molecule has 4 unspecified atom stereocenters. The summed E-state index contributed by atoms with van der Waals surface area (Å²) in [7, 11) is 2.56. The van der Waals surface area contributed by atoms with E-state index in [-0.39, 0.29) is 35.7 Å². The predicted molar refractivity (Wildman–Crippen MR) is 214 cm³/mol. The number of carbonyl (C=O) groups excluding carboxylic acids is 4. The van der Waals surface area contributed by atoms with Crippen molar-refractivity contribution in [3.8, 4) is 33.8 Å². The number of carbonyl (C=O) groups is 4. The molecule has 4 aromatic heterocycles. The minimum Gasteiger partial charge on any atom is -0.453 e. The number of aromatic amines is 2. The monoisotopic (exact) mass is 791 g/mol. The van der Waals surface area contributed by atoms with E-state index in [4.69, 9.17) is 14.5 Å². The van der Waals surface area contributed by atoms with Gasteiger partial charge in [-0.25, -0.2) is 29.5 Å². The fourth-order valence-electron chi connectivity index (χ4n) is 7.70. The fraction of sp³-hybridized carbons (Fsp3) is 0.439. The Morgan fingerprint density at radius 3 is 1.67 bits per heavy atom. The Bertz CT molecular complexity index is 2290. The highest BCUT2D eigenvalue weighted by atomic mass is 16.5. The molecule has 5 aromatic rings. The van der Waals surface area contributed by atoms with E-state index >= 15 is 0 Å². The summed E-state index contributed by atoms with van der Waals surface area (Å²) in [5.74, 6) is 0.795. The van der Waals surface area contributed by atoms with Crippen LogP contribution in [0.5, 0.6) is 0 Å². The number of hydrogen-bond donors (Lipinski definition) is 4. The Morgan fingerprint density at radius 2 is 1.17 bits per heavy atom. The molecule has 2 aliphatic heterocycles. The molecule has 4 amide bonds. The Balaban J connectivity index is 1.02. The molecule has 0 spiro atoms. The van der Waals surface area contributed by atoms with Crippen molar-refractivity contribution >= 4 is 35.2 Å². The number of rotatable bonds is 11. The third-order valence-electron chi connectivity index (χ3n) is 10.9. The maximum atomic E-state index is 13.6. The zero-order valence-electron chi connectivity index (χ0n) is 33.5. The summed E-state index contributed by atoms with van der Waals surface area (Å²) in [4.78, 5) is 84.8. The summed E-state index contributed by atoms with van der Waals surface area (Å²) in [5.41, 5.74) is 5.90. The van der Waals surface area contributed by atoms with Crippen LogP contribution in [0.15, 0.2) is 55.1 Å². The predicted octanol–water partition coefficient (Wildman–Crippen LogP) is 5.56. The van der Waals surface area contributed by atoms with Crippen LogP contribution in [0, 0.1) is 11.8 Å². The van der Waals surface area contributed by atoms with Crippen LogP contribution in [0.2, 0.25) is 0 Å². The zero-order chi connectivity index (χ0) is 41.1. The number of nitrogens with one attached hydrogen (secondary N) is 4. The lowest BCUT2D eigenvalue weighted by molar-refractivity contribution is -0.136. The highest BCUT2D eigenvalue weighted by Crippen LogP contribution is 2.35. The Morgan fingerprint density at radius 1 is 0.672 bits per heavy atom. The number of likely N-dealkylation sites (tertiary alicyclic amines) is 2. The maximum Gasteiger partial charge on any atom is 0.407 e. The van der Waals surface area contributed by atoms with E-state index in [0.29, 0.717) is 41.6 Å². The first-order valence-corrected chi connectivity index (χ1v) is 19.6. The molecule has 4 atom stereocenters. The van der Waals surface area contributed by atoms with Crippen LogP contribution < -0.4 is 10.6 Å². The van der Waals surface area contributed by atoms with Gasteiger partial charge in [-0.3, -0.25) is 14.6 Å². The summed E-state index contributed by atoms with van der Waals surface area (Å²) in [6.07, 6.45) is 8.83. The minimum atomic E-state index is -0.713. The van der Waals surface area contributed by atoms with Gasteiger partial charge in [0.1, 0.15) is 29.2 Å². The average Bonchev–Trinajstić information content (AvgIpc) is 4.07. The molecule has 17 heteroatoms. The third kappa shape index (κ3) is 8.19. The van der Waals surface area contributed by atoms with Crippen LogP contribution in [0.3, 0.4) is 0 Å². The molecule has 58 heavy (non-hydrogen) atoms. The van der Waals surface area contributed by atoms with Crippen molar-refractivity contribution < 1.29 is 28.7 Å². The topological polar surface area (TPSA) is 213 Å². The molecule has 7 rings (SSSR count). The number of ether oxygens (including phenoxy) is 2. The molecular formula is C41H49N11O6. The van der Waals surface area contributed by atoms with Crippen molar-refractivity contribution in [3.05, 3.63) is 66.8 Å². The van der Waals surface area contributed by atoms with Crippen molar-refractivity contribution in [1.29, 1.82) is 0 Å². The summed E-state index contributed by atoms with van der Waals surface area (Å²) in [6, 6.07) is 7.90. The third-order valence-corrected chi connectivity index (χ3v) is 10.9. The van der Waals surface area contributed by atoms with Crippen molar-refractivity contribution in [2.45, 2.75) is 77.5 Å². The largest absolute Gasteiger partial charge is 0.453 e. The van der Waals surface area contributed by atoms with Gasteiger partial charge in [0.25, 0.3) is 0 Å². The molecule has 6 heterocycles. The van der Waals surface area contributed by atoms with E-state index in [1.165, 1.54) is 14.2 Å². The van der Waals surface area contributed by atoms with Crippen LogP contribution in [0.1, 0.15) is 77.1 Å². The number of aromatic nitrogens is 7. The van der Waals surface area contributed by atoms with Crippen LogP contribution >= 0.6 is 0 Å². The lowest BCUT2D eigenvalue weighted by atomic mass is 10.0. The zero-order valence-corrected chi connectivity index (χ0v) is 33.5. The Kier molecular flexibility index (Phi) is 11.7. The van der Waals surface area contributed by atoms with Crippen molar-refractivity contribution in [2.24, 2.45) is 11.8 Å². The standard InChI is InChI=1S/C41H49N11O6/c1-22(2)33(49-40(55)57-5)38(53)51-15-7-9-31(51)36-44-20-29(47-36)25-13-11-24(12-14-25)28-19-42-27-17-26(18-43-35(27)46-28)30-21-45-37(48-30)32-10-8-16-52(32)39(54)34(23(3)4)50-41(56)58-6/h11-14,17-23,31-34H,7-10,15-16H2,1-6H3,(H,44,47)(H,45,48)(H,49,55)(H,50,56). The van der Waals surface area contributed by atoms with Gasteiger partial charge < -0.3 is 39.9 Å². The van der Waals surface area contributed by atoms with Gasteiger partial charge in [0.15, 0.2) is 5.65 Å². The number of fused-ring (bicyclic) bond motifs is 1. The number of methoxy groups -OCH3 is 2. The van der Waals surface area contributed by atoms with E-state index in [9.17, 15) is 19.2 Å². The normalized spacial score (nSPS) is 17.8. The van der Waals surface area contributed by atoms with Gasteiger partial charge in [-0.05, 0) is 49.1 Å². The first kappa shape index (κ1) is 39.8. The minimum absolute atomic E-state index is 0.117. The van der Waals surface area contributed by atoms with E-state index < -0.39 is 24.3 Å². The van der Waals surface area contributed by atoms with Crippen molar-refractivity contribution in [3.63, 3.8) is 0 Å². The smallest absolute Gasteiger partial charge is 0.407 e. The molecule has 2 saturated heterocycles. The summed E-state index contributed by atoms with van der Waals surface area (Å²) in [6.45, 7) is 8.70. The van der Waals surface area contributed by atoms with E-state index in [1.807, 2.05) is 58.0 Å². The molecule has 0 radical (unpaired) electrons. The summed E-state index contributed by atoms with van der Waals surface area (Å²) in [5, 5.41) is 5.37. The number of alkyl carbamates (subject to hydrolysis) is 2. The summed E-state index contributed by atoms with van der Waals surface area (Å²) >= 11 is 0. The quantitative estimate of drug-likeness (QED) is 0.130. The van der Waals surface area contributed by atoms with Crippen LogP contribution in [0.4, 0.5) is 9.59 Å². The highest BCUT2D eigenvalue weighted by Gasteiger charge is 2.39. The van der Waals surface area contributed by atoms with Crippen LogP contribution in [-0.4, -0.2) is 108 Å². The molecule has 0 aliphatic carbocycles. The number of amides is 4. The lowest BCUT2D eigenvalue weighted by Crippen LogP contribution is -2.51. The number of benzene rings is 1. The van der Waals surface area contributed by atoms with Gasteiger partial charge in [0, 0.05) is 30.4 Å². The van der Waals surface area contributed by atoms with Gasteiger partial charge in [0.2, 0.25) is 11.8 Å².